The van der Waals surface area contributed by atoms with Crippen LogP contribution in [0, 0.1) is 11.8 Å². The Bertz CT molecular complexity index is 899. The van der Waals surface area contributed by atoms with E-state index in [0.717, 1.165) is 32.1 Å². The summed E-state index contributed by atoms with van der Waals surface area (Å²) in [5.41, 5.74) is 0.938. The zero-order chi connectivity index (χ0) is 25.5. The third-order valence-electron chi connectivity index (χ3n) is 7.19. The van der Waals surface area contributed by atoms with Crippen molar-refractivity contribution in [3.8, 4) is 5.75 Å². The van der Waals surface area contributed by atoms with E-state index in [1.807, 2.05) is 18.7 Å². The van der Waals surface area contributed by atoms with Crippen molar-refractivity contribution in [2.45, 2.75) is 71.4 Å². The lowest BCUT2D eigenvalue weighted by molar-refractivity contribution is -0.139. The number of hydrogen-bond donors (Lipinski definition) is 1. The number of carbonyl (C=O) groups excluding carboxylic acids is 3. The summed E-state index contributed by atoms with van der Waals surface area (Å²) >= 11 is 0. The molecule has 0 saturated heterocycles. The minimum absolute atomic E-state index is 0.0293. The van der Waals surface area contributed by atoms with Crippen LogP contribution >= 0.6 is 0 Å². The van der Waals surface area contributed by atoms with Gasteiger partial charge in [0.05, 0.1) is 17.7 Å². The Kier molecular flexibility index (Phi) is 9.55. The van der Waals surface area contributed by atoms with E-state index in [4.69, 9.17) is 9.47 Å². The van der Waals surface area contributed by atoms with Gasteiger partial charge in [0.1, 0.15) is 12.4 Å². The molecular formula is C27H41N3O5. The summed E-state index contributed by atoms with van der Waals surface area (Å²) in [4.78, 5) is 42.6. The second-order valence-corrected chi connectivity index (χ2v) is 10.1. The number of amides is 3. The van der Waals surface area contributed by atoms with Crippen LogP contribution in [0.2, 0.25) is 0 Å². The first-order valence-corrected chi connectivity index (χ1v) is 12.9. The minimum atomic E-state index is -0.230. The van der Waals surface area contributed by atoms with E-state index in [2.05, 4.69) is 12.2 Å². The quantitative estimate of drug-likeness (QED) is 0.680. The van der Waals surface area contributed by atoms with Gasteiger partial charge in [-0.15, -0.1) is 0 Å². The summed E-state index contributed by atoms with van der Waals surface area (Å²) in [5.74, 6) is 0.443. The molecule has 3 atom stereocenters. The molecular weight excluding hydrogens is 446 g/mol. The molecule has 0 spiro atoms. The highest BCUT2D eigenvalue weighted by atomic mass is 16.5. The first-order valence-electron chi connectivity index (χ1n) is 12.9. The summed E-state index contributed by atoms with van der Waals surface area (Å²) in [6, 6.07) is 4.98. The fourth-order valence-corrected chi connectivity index (χ4v) is 5.02. The third kappa shape index (κ3) is 6.75. The number of ether oxygens (including phenoxy) is 2. The van der Waals surface area contributed by atoms with Gasteiger partial charge in [-0.1, -0.05) is 26.7 Å². The molecule has 35 heavy (non-hydrogen) atoms. The molecule has 1 heterocycles. The number of likely N-dealkylation sites (N-methyl/N-ethyl adjacent to an activating group) is 1. The van der Waals surface area contributed by atoms with Crippen molar-refractivity contribution < 1.29 is 23.9 Å². The van der Waals surface area contributed by atoms with E-state index in [0.29, 0.717) is 36.5 Å². The van der Waals surface area contributed by atoms with Gasteiger partial charge in [0, 0.05) is 51.2 Å². The highest BCUT2D eigenvalue weighted by molar-refractivity contribution is 5.99. The summed E-state index contributed by atoms with van der Waals surface area (Å²) in [5, 5.41) is 2.86. The highest BCUT2D eigenvalue weighted by Crippen LogP contribution is 2.30. The number of rotatable bonds is 5. The average Bonchev–Trinajstić information content (AvgIpc) is 3.38. The maximum atomic E-state index is 13.5. The first-order chi connectivity index (χ1) is 16.7. The Morgan fingerprint density at radius 2 is 1.89 bits per heavy atom. The van der Waals surface area contributed by atoms with Gasteiger partial charge in [0.2, 0.25) is 11.8 Å². The molecule has 194 valence electrons. The molecule has 1 aliphatic carbocycles. The fraction of sp³-hybridized carbons (Fsp3) is 0.667. The Morgan fingerprint density at radius 1 is 1.17 bits per heavy atom. The SMILES string of the molecule is CCCC(=O)Nc1ccc2c(c1)C(=O)N(C)C[C@H](OC)[C@H](C)CN(C(=O)C1CCCC1)[C@@H](C)CO2. The summed E-state index contributed by atoms with van der Waals surface area (Å²) < 4.78 is 11.9. The van der Waals surface area contributed by atoms with Crippen LogP contribution in [0.5, 0.6) is 5.75 Å². The predicted octanol–water partition coefficient (Wildman–Crippen LogP) is 3.95. The Labute approximate surface area is 209 Å². The summed E-state index contributed by atoms with van der Waals surface area (Å²) in [6.45, 7) is 7.21. The van der Waals surface area contributed by atoms with Crippen molar-refractivity contribution in [2.24, 2.45) is 11.8 Å². The fourth-order valence-electron chi connectivity index (χ4n) is 5.02. The van der Waals surface area contributed by atoms with Gasteiger partial charge >= 0.3 is 0 Å². The molecule has 8 heteroatoms. The standard InChI is InChI=1S/C27H41N3O5/c1-6-9-25(31)28-21-12-13-23-22(14-21)27(33)29(4)16-24(34-5)18(2)15-30(19(3)17-35-23)26(32)20-10-7-8-11-20/h12-14,18-20,24H,6-11,15-17H2,1-5H3,(H,28,31)/t18-,19+,24+/m1/s1. The smallest absolute Gasteiger partial charge is 0.257 e. The molecule has 1 saturated carbocycles. The van der Waals surface area contributed by atoms with E-state index >= 15 is 0 Å². The summed E-state index contributed by atoms with van der Waals surface area (Å²) in [6.07, 6.45) is 5.01. The van der Waals surface area contributed by atoms with Gasteiger partial charge < -0.3 is 24.6 Å². The van der Waals surface area contributed by atoms with Gasteiger partial charge in [-0.2, -0.15) is 0 Å². The molecule has 3 amide bonds. The lowest BCUT2D eigenvalue weighted by Crippen LogP contribution is -2.50. The zero-order valence-electron chi connectivity index (χ0n) is 21.8. The van der Waals surface area contributed by atoms with Gasteiger partial charge in [0.25, 0.3) is 5.91 Å². The highest BCUT2D eigenvalue weighted by Gasteiger charge is 2.34. The molecule has 0 aromatic heterocycles. The van der Waals surface area contributed by atoms with E-state index in [9.17, 15) is 14.4 Å². The first kappa shape index (κ1) is 27.0. The summed E-state index contributed by atoms with van der Waals surface area (Å²) in [7, 11) is 3.39. The number of fused-ring (bicyclic) bond motifs is 1. The van der Waals surface area contributed by atoms with Crippen molar-refractivity contribution in [3.05, 3.63) is 23.8 Å². The van der Waals surface area contributed by atoms with Crippen LogP contribution in [0.4, 0.5) is 5.69 Å². The molecule has 0 radical (unpaired) electrons. The number of benzene rings is 1. The number of carbonyl (C=O) groups is 3. The minimum Gasteiger partial charge on any atom is -0.491 e. The maximum absolute atomic E-state index is 13.5. The molecule has 1 aromatic carbocycles. The number of methoxy groups -OCH3 is 1. The number of nitrogens with zero attached hydrogens (tertiary/aromatic N) is 2. The third-order valence-corrected chi connectivity index (χ3v) is 7.19. The van der Waals surface area contributed by atoms with Crippen molar-refractivity contribution in [1.29, 1.82) is 0 Å². The normalized spacial score (nSPS) is 24.3. The second kappa shape index (κ2) is 12.4. The Hall–Kier alpha value is -2.61. The van der Waals surface area contributed by atoms with E-state index in [1.165, 1.54) is 0 Å². The lowest BCUT2D eigenvalue weighted by atomic mass is 9.99. The zero-order valence-corrected chi connectivity index (χ0v) is 21.8. The predicted molar refractivity (Wildman–Crippen MR) is 136 cm³/mol. The van der Waals surface area contributed by atoms with Crippen LogP contribution in [-0.4, -0.2) is 73.5 Å². The molecule has 0 unspecified atom stereocenters. The van der Waals surface area contributed by atoms with Crippen molar-refractivity contribution >= 4 is 23.4 Å². The van der Waals surface area contributed by atoms with Crippen LogP contribution in [0.3, 0.4) is 0 Å². The van der Waals surface area contributed by atoms with Gasteiger partial charge in [0.15, 0.2) is 0 Å². The molecule has 1 N–H and O–H groups in total. The Balaban J connectivity index is 1.92. The Morgan fingerprint density at radius 3 is 2.54 bits per heavy atom. The molecule has 1 fully saturated rings. The molecule has 0 bridgehead atoms. The van der Waals surface area contributed by atoms with Crippen molar-refractivity contribution in [1.82, 2.24) is 9.80 Å². The van der Waals surface area contributed by atoms with Gasteiger partial charge in [-0.05, 0) is 44.4 Å². The van der Waals surface area contributed by atoms with Crippen LogP contribution in [0.15, 0.2) is 18.2 Å². The lowest BCUT2D eigenvalue weighted by Gasteiger charge is -2.37. The molecule has 1 aliphatic heterocycles. The van der Waals surface area contributed by atoms with Gasteiger partial charge in [-0.3, -0.25) is 14.4 Å². The molecule has 8 nitrogen and oxygen atoms in total. The second-order valence-electron chi connectivity index (χ2n) is 10.1. The molecule has 2 aliphatic rings. The largest absolute Gasteiger partial charge is 0.491 e. The number of hydrogen-bond acceptors (Lipinski definition) is 5. The van der Waals surface area contributed by atoms with E-state index < -0.39 is 0 Å². The van der Waals surface area contributed by atoms with E-state index in [-0.39, 0.29) is 48.3 Å². The number of nitrogens with one attached hydrogen (secondary N) is 1. The van der Waals surface area contributed by atoms with Crippen LogP contribution in [0.25, 0.3) is 0 Å². The van der Waals surface area contributed by atoms with Crippen LogP contribution in [0.1, 0.15) is 69.7 Å². The monoisotopic (exact) mass is 487 g/mol. The molecule has 3 rings (SSSR count). The topological polar surface area (TPSA) is 88.2 Å². The average molecular weight is 488 g/mol. The van der Waals surface area contributed by atoms with Crippen molar-refractivity contribution in [3.63, 3.8) is 0 Å². The molecule has 1 aromatic rings. The van der Waals surface area contributed by atoms with Crippen LogP contribution in [-0.2, 0) is 14.3 Å². The van der Waals surface area contributed by atoms with Gasteiger partial charge in [-0.25, -0.2) is 0 Å². The van der Waals surface area contributed by atoms with Crippen LogP contribution < -0.4 is 10.1 Å². The van der Waals surface area contributed by atoms with E-state index in [1.54, 1.807) is 37.3 Å². The number of anilines is 1. The maximum Gasteiger partial charge on any atom is 0.257 e. The van der Waals surface area contributed by atoms with Crippen molar-refractivity contribution in [2.75, 3.05) is 39.2 Å².